The number of carboxylic acids is 1. The molecule has 2 fully saturated rings. The molecule has 10 heteroatoms. The third-order valence-corrected chi connectivity index (χ3v) is 7.94. The van der Waals surface area contributed by atoms with Gasteiger partial charge in [-0.1, -0.05) is 19.4 Å². The average Bonchev–Trinajstić information content (AvgIpc) is 3.60. The molecule has 3 aliphatic rings. The molecule has 0 bridgehead atoms. The van der Waals surface area contributed by atoms with E-state index >= 15 is 0 Å². The van der Waals surface area contributed by atoms with Gasteiger partial charge in [-0.2, -0.15) is 0 Å². The van der Waals surface area contributed by atoms with Crippen LogP contribution >= 0.6 is 0 Å². The zero-order valence-electron chi connectivity index (χ0n) is 22.9. The molecule has 3 aliphatic heterocycles. The van der Waals surface area contributed by atoms with Crippen LogP contribution in [0.4, 0.5) is 0 Å². The van der Waals surface area contributed by atoms with Gasteiger partial charge in [0.15, 0.2) is 11.5 Å². The van der Waals surface area contributed by atoms with E-state index in [1.165, 1.54) is 0 Å². The Labute approximate surface area is 225 Å². The minimum atomic E-state index is -0.909. The summed E-state index contributed by atoms with van der Waals surface area (Å²) in [5.41, 5.74) is 0.850. The van der Waals surface area contributed by atoms with Gasteiger partial charge in [0.2, 0.25) is 18.6 Å². The van der Waals surface area contributed by atoms with Crippen molar-refractivity contribution in [3.05, 3.63) is 23.8 Å². The lowest BCUT2D eigenvalue weighted by molar-refractivity contribution is -0.144. The number of hydrogen-bond acceptors (Lipinski definition) is 7. The lowest BCUT2D eigenvalue weighted by Crippen LogP contribution is -2.49. The number of likely N-dealkylation sites (tertiary alicyclic amines) is 2. The summed E-state index contributed by atoms with van der Waals surface area (Å²) in [6, 6.07) is 5.12. The number of nitrogens with zero attached hydrogens (tertiary/aromatic N) is 4. The molecule has 0 aromatic heterocycles. The maximum Gasteiger partial charge on any atom is 0.308 e. The topological polar surface area (TPSA) is 103 Å². The van der Waals surface area contributed by atoms with Gasteiger partial charge in [0.05, 0.1) is 12.5 Å². The van der Waals surface area contributed by atoms with Gasteiger partial charge in [0, 0.05) is 51.1 Å². The Balaban J connectivity index is 1.57. The summed E-state index contributed by atoms with van der Waals surface area (Å²) in [4.78, 5) is 46.6. The highest BCUT2D eigenvalue weighted by Crippen LogP contribution is 2.42. The lowest BCUT2D eigenvalue weighted by Gasteiger charge is -2.32. The molecule has 2 saturated heterocycles. The number of unbranched alkanes of at least 4 members (excludes halogenated alkanes) is 1. The number of carbonyl (C=O) groups is 3. The summed E-state index contributed by atoms with van der Waals surface area (Å²) < 4.78 is 11.0. The summed E-state index contributed by atoms with van der Waals surface area (Å²) in [6.45, 7) is 6.04. The van der Waals surface area contributed by atoms with Crippen LogP contribution in [0.25, 0.3) is 0 Å². The molecule has 3 heterocycles. The van der Waals surface area contributed by atoms with Gasteiger partial charge in [-0.05, 0) is 57.6 Å². The van der Waals surface area contributed by atoms with E-state index in [2.05, 4.69) is 11.8 Å². The fourth-order valence-electron chi connectivity index (χ4n) is 5.89. The molecule has 3 unspecified atom stereocenters. The number of carbonyl (C=O) groups excluding carboxylic acids is 2. The van der Waals surface area contributed by atoms with Crippen molar-refractivity contribution in [2.45, 2.75) is 51.0 Å². The fraction of sp³-hybridized carbons (Fsp3) is 0.679. The molecule has 3 atom stereocenters. The predicted octanol–water partition coefficient (Wildman–Crippen LogP) is 2.09. The van der Waals surface area contributed by atoms with Crippen LogP contribution in [0.5, 0.6) is 11.5 Å². The number of benzene rings is 1. The highest BCUT2D eigenvalue weighted by atomic mass is 16.7. The van der Waals surface area contributed by atoms with E-state index < -0.39 is 17.9 Å². The predicted molar refractivity (Wildman–Crippen MR) is 142 cm³/mol. The monoisotopic (exact) mass is 530 g/mol. The second-order valence-corrected chi connectivity index (χ2v) is 10.9. The van der Waals surface area contributed by atoms with E-state index in [0.717, 1.165) is 37.8 Å². The van der Waals surface area contributed by atoms with Gasteiger partial charge in [0.1, 0.15) is 0 Å². The van der Waals surface area contributed by atoms with Gasteiger partial charge in [-0.25, -0.2) is 0 Å². The first-order valence-corrected chi connectivity index (χ1v) is 13.8. The molecular weight excluding hydrogens is 488 g/mol. The van der Waals surface area contributed by atoms with Crippen molar-refractivity contribution in [1.29, 1.82) is 0 Å². The Kier molecular flexibility index (Phi) is 9.49. The number of ether oxygens (including phenoxy) is 2. The number of rotatable bonds is 13. The van der Waals surface area contributed by atoms with Crippen LogP contribution in [0.1, 0.15) is 50.5 Å². The summed E-state index contributed by atoms with van der Waals surface area (Å²) in [5.74, 6) is -0.670. The normalized spacial score (nSPS) is 23.0. The van der Waals surface area contributed by atoms with E-state index in [4.69, 9.17) is 9.47 Å². The minimum Gasteiger partial charge on any atom is -0.481 e. The third kappa shape index (κ3) is 6.58. The van der Waals surface area contributed by atoms with E-state index in [1.54, 1.807) is 4.90 Å². The Morgan fingerprint density at radius 3 is 2.55 bits per heavy atom. The number of amides is 2. The second kappa shape index (κ2) is 12.8. The largest absolute Gasteiger partial charge is 0.481 e. The maximum absolute atomic E-state index is 13.6. The van der Waals surface area contributed by atoms with Gasteiger partial charge >= 0.3 is 5.97 Å². The zero-order chi connectivity index (χ0) is 27.2. The second-order valence-electron chi connectivity index (χ2n) is 10.9. The van der Waals surface area contributed by atoms with Crippen LogP contribution in [0, 0.1) is 5.92 Å². The van der Waals surface area contributed by atoms with Crippen LogP contribution < -0.4 is 9.47 Å². The molecule has 0 aliphatic carbocycles. The quantitative estimate of drug-likeness (QED) is 0.414. The van der Waals surface area contributed by atoms with Crippen molar-refractivity contribution < 1.29 is 29.0 Å². The van der Waals surface area contributed by atoms with Gasteiger partial charge < -0.3 is 29.3 Å². The summed E-state index contributed by atoms with van der Waals surface area (Å²) in [6.07, 6.45) is 4.08. The molecule has 1 aromatic rings. The van der Waals surface area contributed by atoms with Crippen molar-refractivity contribution in [3.63, 3.8) is 0 Å². The highest BCUT2D eigenvalue weighted by Gasteiger charge is 2.48. The van der Waals surface area contributed by atoms with Gasteiger partial charge in [0.25, 0.3) is 0 Å². The number of carboxylic acid groups (broad SMARTS) is 1. The van der Waals surface area contributed by atoms with Crippen LogP contribution in [-0.4, -0.2) is 115 Å². The van der Waals surface area contributed by atoms with Crippen LogP contribution in [0.15, 0.2) is 18.2 Å². The maximum atomic E-state index is 13.6. The van der Waals surface area contributed by atoms with E-state index in [0.29, 0.717) is 50.6 Å². The SMILES string of the molecule is CCCCN(CCCN(C)C)C(=O)CN1CC(c2ccc3c(c2)OCO3)C(C(=O)O)C1CN1CCCC1=O. The molecule has 2 amide bonds. The third-order valence-electron chi connectivity index (χ3n) is 7.94. The van der Waals surface area contributed by atoms with Crippen molar-refractivity contribution >= 4 is 17.8 Å². The molecule has 38 heavy (non-hydrogen) atoms. The highest BCUT2D eigenvalue weighted by molar-refractivity contribution is 5.80. The van der Waals surface area contributed by atoms with Gasteiger partial charge in [-0.15, -0.1) is 0 Å². The first-order valence-electron chi connectivity index (χ1n) is 13.8. The Morgan fingerprint density at radius 2 is 1.87 bits per heavy atom. The average molecular weight is 531 g/mol. The van der Waals surface area contributed by atoms with Crippen molar-refractivity contribution in [1.82, 2.24) is 19.6 Å². The Morgan fingerprint density at radius 1 is 1.11 bits per heavy atom. The first-order chi connectivity index (χ1) is 18.3. The first kappa shape index (κ1) is 28.2. The molecule has 1 aromatic carbocycles. The molecule has 4 rings (SSSR count). The van der Waals surface area contributed by atoms with Crippen molar-refractivity contribution in [2.24, 2.45) is 5.92 Å². The lowest BCUT2D eigenvalue weighted by atomic mass is 9.85. The Bertz CT molecular complexity index is 1000. The van der Waals surface area contributed by atoms with Gasteiger partial charge in [-0.3, -0.25) is 19.3 Å². The molecule has 1 N–H and O–H groups in total. The molecule has 210 valence electrons. The molecular formula is C28H42N4O6. The summed E-state index contributed by atoms with van der Waals surface area (Å²) in [7, 11) is 4.05. The van der Waals surface area contributed by atoms with Crippen LogP contribution in [0.2, 0.25) is 0 Å². The molecule has 10 nitrogen and oxygen atoms in total. The summed E-state index contributed by atoms with van der Waals surface area (Å²) >= 11 is 0. The van der Waals surface area contributed by atoms with E-state index in [-0.39, 0.29) is 31.1 Å². The number of aliphatic carboxylic acids is 1. The van der Waals surface area contributed by atoms with Crippen molar-refractivity contribution in [2.75, 3.05) is 66.7 Å². The summed E-state index contributed by atoms with van der Waals surface area (Å²) in [5, 5.41) is 10.4. The molecule has 0 radical (unpaired) electrons. The molecule has 0 saturated carbocycles. The zero-order valence-corrected chi connectivity index (χ0v) is 22.9. The van der Waals surface area contributed by atoms with Crippen LogP contribution in [0.3, 0.4) is 0 Å². The number of hydrogen-bond donors (Lipinski definition) is 1. The van der Waals surface area contributed by atoms with E-state index in [9.17, 15) is 19.5 Å². The molecule has 0 spiro atoms. The fourth-order valence-corrected chi connectivity index (χ4v) is 5.89. The Hall–Kier alpha value is -2.85. The van der Waals surface area contributed by atoms with E-state index in [1.807, 2.05) is 42.1 Å². The van der Waals surface area contributed by atoms with Crippen LogP contribution in [-0.2, 0) is 14.4 Å². The number of fused-ring (bicyclic) bond motifs is 1. The minimum absolute atomic E-state index is 0.0189. The van der Waals surface area contributed by atoms with Crippen molar-refractivity contribution in [3.8, 4) is 11.5 Å². The standard InChI is InChI=1S/C28H42N4O6/c1-4-5-12-30(14-7-11-29(2)3)26(34)18-32-16-21(20-9-10-23-24(15-20)38-19-37-23)27(28(35)36)22(32)17-31-13-6-8-25(31)33/h9-10,15,21-22,27H,4-8,11-14,16-19H2,1-3H3,(H,35,36). The smallest absolute Gasteiger partial charge is 0.308 e.